The van der Waals surface area contributed by atoms with Crippen LogP contribution in [-0.4, -0.2) is 17.7 Å². The van der Waals surface area contributed by atoms with Gasteiger partial charge >= 0.3 is 5.97 Å². The van der Waals surface area contributed by atoms with E-state index in [0.717, 1.165) is 27.4 Å². The Labute approximate surface area is 120 Å². The van der Waals surface area contributed by atoms with E-state index in [2.05, 4.69) is 22.0 Å². The van der Waals surface area contributed by atoms with Crippen LogP contribution in [0.1, 0.15) is 19.3 Å². The van der Waals surface area contributed by atoms with Gasteiger partial charge in [-0.1, -0.05) is 30.3 Å². The van der Waals surface area contributed by atoms with Crippen molar-refractivity contribution in [2.45, 2.75) is 19.3 Å². The van der Waals surface area contributed by atoms with Gasteiger partial charge < -0.3 is 9.84 Å². The van der Waals surface area contributed by atoms with Crippen molar-refractivity contribution in [1.29, 1.82) is 0 Å². The zero-order valence-electron chi connectivity index (χ0n) is 10.4. The number of ether oxygens (including phenoxy) is 1. The average molecular weight is 323 g/mol. The summed E-state index contributed by atoms with van der Waals surface area (Å²) in [6, 6.07) is 12.0. The summed E-state index contributed by atoms with van der Waals surface area (Å²) < 4.78 is 6.63. The van der Waals surface area contributed by atoms with Crippen LogP contribution >= 0.6 is 15.9 Å². The normalized spacial score (nSPS) is 10.6. The Morgan fingerprint density at radius 1 is 1.16 bits per heavy atom. The van der Waals surface area contributed by atoms with Gasteiger partial charge in [0.25, 0.3) is 0 Å². The maximum absolute atomic E-state index is 10.4. The van der Waals surface area contributed by atoms with Gasteiger partial charge in [0.15, 0.2) is 0 Å². The highest BCUT2D eigenvalue weighted by molar-refractivity contribution is 9.10. The molecule has 0 bridgehead atoms. The molecular formula is C15H15BrO3. The minimum Gasteiger partial charge on any atom is -0.492 e. The van der Waals surface area contributed by atoms with Gasteiger partial charge in [-0.2, -0.15) is 0 Å². The number of unbranched alkanes of at least 4 members (excludes halogenated alkanes) is 1. The summed E-state index contributed by atoms with van der Waals surface area (Å²) in [6.07, 6.45) is 1.58. The van der Waals surface area contributed by atoms with Gasteiger partial charge in [0.1, 0.15) is 5.75 Å². The van der Waals surface area contributed by atoms with Crippen molar-refractivity contribution in [2.24, 2.45) is 0 Å². The fourth-order valence-electron chi connectivity index (χ4n) is 1.89. The smallest absolute Gasteiger partial charge is 0.303 e. The second-order valence-corrected chi connectivity index (χ2v) is 5.09. The highest BCUT2D eigenvalue weighted by Crippen LogP contribution is 2.33. The molecule has 0 radical (unpaired) electrons. The minimum absolute atomic E-state index is 0.197. The van der Waals surface area contributed by atoms with Crippen LogP contribution in [0.5, 0.6) is 5.75 Å². The molecule has 0 fully saturated rings. The van der Waals surface area contributed by atoms with Crippen LogP contribution < -0.4 is 4.74 Å². The molecule has 0 aliphatic carbocycles. The molecule has 0 saturated heterocycles. The van der Waals surface area contributed by atoms with Crippen molar-refractivity contribution in [3.8, 4) is 5.75 Å². The Bertz CT molecular complexity index is 581. The Morgan fingerprint density at radius 2 is 1.95 bits per heavy atom. The lowest BCUT2D eigenvalue weighted by atomic mass is 10.1. The van der Waals surface area contributed by atoms with Crippen molar-refractivity contribution in [3.63, 3.8) is 0 Å². The van der Waals surface area contributed by atoms with Gasteiger partial charge in [-0.25, -0.2) is 0 Å². The van der Waals surface area contributed by atoms with Gasteiger partial charge in [0.2, 0.25) is 0 Å². The molecule has 100 valence electrons. The molecule has 0 unspecified atom stereocenters. The summed E-state index contributed by atoms with van der Waals surface area (Å²) >= 11 is 3.56. The van der Waals surface area contributed by atoms with Crippen LogP contribution in [0.15, 0.2) is 40.9 Å². The molecule has 0 aliphatic rings. The van der Waals surface area contributed by atoms with Gasteiger partial charge in [0, 0.05) is 6.42 Å². The number of aliphatic carboxylic acids is 1. The van der Waals surface area contributed by atoms with E-state index in [9.17, 15) is 4.79 Å². The number of carbonyl (C=O) groups is 1. The average Bonchev–Trinajstić information content (AvgIpc) is 2.41. The molecule has 0 amide bonds. The zero-order valence-corrected chi connectivity index (χ0v) is 12.0. The monoisotopic (exact) mass is 322 g/mol. The third kappa shape index (κ3) is 3.70. The van der Waals surface area contributed by atoms with Crippen LogP contribution in [0.4, 0.5) is 0 Å². The molecule has 0 atom stereocenters. The van der Waals surface area contributed by atoms with E-state index in [1.165, 1.54) is 0 Å². The van der Waals surface area contributed by atoms with E-state index in [-0.39, 0.29) is 6.42 Å². The summed E-state index contributed by atoms with van der Waals surface area (Å²) in [5, 5.41) is 10.8. The van der Waals surface area contributed by atoms with Crippen LogP contribution in [-0.2, 0) is 4.79 Å². The summed E-state index contributed by atoms with van der Waals surface area (Å²) in [5.74, 6) is 0.0425. The minimum atomic E-state index is -0.758. The largest absolute Gasteiger partial charge is 0.492 e. The fraction of sp³-hybridized carbons (Fsp3) is 0.267. The summed E-state index contributed by atoms with van der Waals surface area (Å²) in [5.41, 5.74) is 0. The van der Waals surface area contributed by atoms with Crippen molar-refractivity contribution < 1.29 is 14.6 Å². The Kier molecular flexibility index (Phi) is 4.80. The fourth-order valence-corrected chi connectivity index (χ4v) is 2.49. The molecular weight excluding hydrogens is 308 g/mol. The lowest BCUT2D eigenvalue weighted by Crippen LogP contribution is -2.00. The Balaban J connectivity index is 1.97. The van der Waals surface area contributed by atoms with Crippen molar-refractivity contribution in [3.05, 3.63) is 40.9 Å². The van der Waals surface area contributed by atoms with Gasteiger partial charge in [-0.05, 0) is 45.6 Å². The lowest BCUT2D eigenvalue weighted by molar-refractivity contribution is -0.137. The second-order valence-electron chi connectivity index (χ2n) is 4.30. The molecule has 2 rings (SSSR count). The summed E-state index contributed by atoms with van der Waals surface area (Å²) in [4.78, 5) is 10.4. The van der Waals surface area contributed by atoms with Crippen LogP contribution in [0.2, 0.25) is 0 Å². The third-order valence-corrected chi connectivity index (χ3v) is 3.69. The number of fused-ring (bicyclic) bond motifs is 1. The maximum Gasteiger partial charge on any atom is 0.303 e. The lowest BCUT2D eigenvalue weighted by Gasteiger charge is -2.10. The first-order valence-corrected chi connectivity index (χ1v) is 6.99. The molecule has 2 aromatic carbocycles. The molecule has 3 nitrogen and oxygen atoms in total. The Morgan fingerprint density at radius 3 is 2.74 bits per heavy atom. The van der Waals surface area contributed by atoms with Crippen LogP contribution in [0.25, 0.3) is 10.8 Å². The number of rotatable bonds is 6. The predicted octanol–water partition coefficient (Wildman–Crippen LogP) is 4.24. The number of hydrogen-bond donors (Lipinski definition) is 1. The first kappa shape index (κ1) is 13.9. The highest BCUT2D eigenvalue weighted by Gasteiger charge is 2.05. The van der Waals surface area contributed by atoms with Crippen LogP contribution in [0.3, 0.4) is 0 Å². The molecule has 0 aromatic heterocycles. The predicted molar refractivity (Wildman–Crippen MR) is 78.6 cm³/mol. The first-order chi connectivity index (χ1) is 9.18. The molecule has 0 heterocycles. The SMILES string of the molecule is O=C(O)CCCCOc1ccc2ccccc2c1Br. The Hall–Kier alpha value is -1.55. The van der Waals surface area contributed by atoms with E-state index in [4.69, 9.17) is 9.84 Å². The quantitative estimate of drug-likeness (QED) is 0.809. The van der Waals surface area contributed by atoms with Crippen molar-refractivity contribution >= 4 is 32.7 Å². The standard InChI is InChI=1S/C15H15BrO3/c16-15-12-6-2-1-5-11(12)8-9-13(15)19-10-4-3-7-14(17)18/h1-2,5-6,8-9H,3-4,7,10H2,(H,17,18). The molecule has 2 aromatic rings. The second kappa shape index (κ2) is 6.57. The van der Waals surface area contributed by atoms with E-state index >= 15 is 0 Å². The number of carboxylic acids is 1. The first-order valence-electron chi connectivity index (χ1n) is 6.20. The van der Waals surface area contributed by atoms with Crippen molar-refractivity contribution in [2.75, 3.05) is 6.61 Å². The number of carboxylic acid groups (broad SMARTS) is 1. The number of halogens is 1. The molecule has 4 heteroatoms. The van der Waals surface area contributed by atoms with Gasteiger partial charge in [0.05, 0.1) is 11.1 Å². The zero-order chi connectivity index (χ0) is 13.7. The molecule has 19 heavy (non-hydrogen) atoms. The highest BCUT2D eigenvalue weighted by atomic mass is 79.9. The van der Waals surface area contributed by atoms with E-state index < -0.39 is 5.97 Å². The molecule has 0 spiro atoms. The maximum atomic E-state index is 10.4. The molecule has 1 N–H and O–H groups in total. The van der Waals surface area contributed by atoms with Gasteiger partial charge in [-0.3, -0.25) is 4.79 Å². The summed E-state index contributed by atoms with van der Waals surface area (Å²) in [7, 11) is 0. The van der Waals surface area contributed by atoms with E-state index in [1.807, 2.05) is 30.3 Å². The third-order valence-electron chi connectivity index (χ3n) is 2.87. The topological polar surface area (TPSA) is 46.5 Å². The number of benzene rings is 2. The molecule has 0 aliphatic heterocycles. The summed E-state index contributed by atoms with van der Waals surface area (Å²) in [6.45, 7) is 0.532. The van der Waals surface area contributed by atoms with E-state index in [0.29, 0.717) is 13.0 Å². The van der Waals surface area contributed by atoms with Crippen LogP contribution in [0, 0.1) is 0 Å². The van der Waals surface area contributed by atoms with Crippen molar-refractivity contribution in [1.82, 2.24) is 0 Å². The van der Waals surface area contributed by atoms with E-state index in [1.54, 1.807) is 0 Å². The number of hydrogen-bond acceptors (Lipinski definition) is 2. The van der Waals surface area contributed by atoms with Gasteiger partial charge in [-0.15, -0.1) is 0 Å². The molecule has 0 saturated carbocycles.